The van der Waals surface area contributed by atoms with Gasteiger partial charge in [0.1, 0.15) is 5.75 Å². The van der Waals surface area contributed by atoms with E-state index < -0.39 is 0 Å². The Kier molecular flexibility index (Phi) is 6.70. The normalized spacial score (nSPS) is 10.9. The minimum atomic E-state index is 0.304. The van der Waals surface area contributed by atoms with Crippen molar-refractivity contribution in [1.82, 2.24) is 0 Å². The molecule has 0 aliphatic rings. The lowest BCUT2D eigenvalue weighted by Gasteiger charge is -2.10. The van der Waals surface area contributed by atoms with E-state index in [4.69, 9.17) is 0 Å². The van der Waals surface area contributed by atoms with Gasteiger partial charge in [-0.2, -0.15) is 0 Å². The standard InChI is InChI=1S/C26H30O/c1-3-4-5-6-7-8-21-9-11-22(12-10-21)24-15-18-26(20(2)19-24)23-13-16-25(27)17-14-23/h9-19,27H,3-8H2,1-2H3. The Morgan fingerprint density at radius 1 is 0.667 bits per heavy atom. The van der Waals surface area contributed by atoms with Crippen LogP contribution < -0.4 is 0 Å². The van der Waals surface area contributed by atoms with Gasteiger partial charge < -0.3 is 5.11 Å². The largest absolute Gasteiger partial charge is 0.508 e. The van der Waals surface area contributed by atoms with E-state index in [1.807, 2.05) is 12.1 Å². The number of hydrogen-bond acceptors (Lipinski definition) is 1. The molecule has 27 heavy (non-hydrogen) atoms. The van der Waals surface area contributed by atoms with Crippen molar-refractivity contribution in [2.24, 2.45) is 0 Å². The Labute approximate surface area is 163 Å². The summed E-state index contributed by atoms with van der Waals surface area (Å²) in [7, 11) is 0. The van der Waals surface area contributed by atoms with Crippen LogP contribution in [0.15, 0.2) is 66.7 Å². The van der Waals surface area contributed by atoms with Gasteiger partial charge in [-0.3, -0.25) is 0 Å². The van der Waals surface area contributed by atoms with E-state index in [2.05, 4.69) is 56.3 Å². The molecule has 0 heterocycles. The summed E-state index contributed by atoms with van der Waals surface area (Å²) in [6.07, 6.45) is 7.84. The van der Waals surface area contributed by atoms with Gasteiger partial charge in [0.05, 0.1) is 0 Å². The molecule has 0 aromatic heterocycles. The molecule has 0 radical (unpaired) electrons. The summed E-state index contributed by atoms with van der Waals surface area (Å²) in [6.45, 7) is 4.41. The zero-order valence-electron chi connectivity index (χ0n) is 16.5. The van der Waals surface area contributed by atoms with E-state index >= 15 is 0 Å². The maximum absolute atomic E-state index is 9.48. The van der Waals surface area contributed by atoms with Gasteiger partial charge in [-0.25, -0.2) is 0 Å². The maximum atomic E-state index is 9.48. The lowest BCUT2D eigenvalue weighted by Crippen LogP contribution is -1.88. The molecular weight excluding hydrogens is 328 g/mol. The van der Waals surface area contributed by atoms with E-state index in [0.29, 0.717) is 5.75 Å². The molecule has 0 saturated heterocycles. The molecule has 0 unspecified atom stereocenters. The van der Waals surface area contributed by atoms with Crippen LogP contribution in [0.1, 0.15) is 50.2 Å². The molecule has 1 N–H and O–H groups in total. The fraction of sp³-hybridized carbons (Fsp3) is 0.308. The summed E-state index contributed by atoms with van der Waals surface area (Å²) in [6, 6.07) is 23.1. The number of unbranched alkanes of at least 4 members (excludes halogenated alkanes) is 4. The second kappa shape index (κ2) is 9.41. The third-order valence-electron chi connectivity index (χ3n) is 5.26. The first-order chi connectivity index (χ1) is 13.2. The second-order valence-corrected chi connectivity index (χ2v) is 7.44. The average Bonchev–Trinajstić information content (AvgIpc) is 2.69. The van der Waals surface area contributed by atoms with Crippen LogP contribution in [0.25, 0.3) is 22.3 Å². The zero-order chi connectivity index (χ0) is 19.1. The SMILES string of the molecule is CCCCCCCc1ccc(-c2ccc(-c3ccc(O)cc3)c(C)c2)cc1. The van der Waals surface area contributed by atoms with Gasteiger partial charge in [-0.15, -0.1) is 0 Å². The Hall–Kier alpha value is -2.54. The molecule has 0 fully saturated rings. The van der Waals surface area contributed by atoms with Crippen molar-refractivity contribution in [1.29, 1.82) is 0 Å². The quantitative estimate of drug-likeness (QED) is 0.412. The number of aromatic hydroxyl groups is 1. The van der Waals surface area contributed by atoms with E-state index in [9.17, 15) is 5.11 Å². The molecule has 0 spiro atoms. The molecule has 0 atom stereocenters. The summed E-state index contributed by atoms with van der Waals surface area (Å²) >= 11 is 0. The first-order valence-corrected chi connectivity index (χ1v) is 10.2. The van der Waals surface area contributed by atoms with Gasteiger partial charge in [0.15, 0.2) is 0 Å². The highest BCUT2D eigenvalue weighted by Gasteiger charge is 2.05. The van der Waals surface area contributed by atoms with Crippen molar-refractivity contribution in [3.8, 4) is 28.0 Å². The number of benzene rings is 3. The third kappa shape index (κ3) is 5.23. The highest BCUT2D eigenvalue weighted by molar-refractivity contribution is 5.73. The fourth-order valence-electron chi connectivity index (χ4n) is 3.60. The van der Waals surface area contributed by atoms with Crippen molar-refractivity contribution in [3.05, 3.63) is 77.9 Å². The van der Waals surface area contributed by atoms with Crippen LogP contribution >= 0.6 is 0 Å². The van der Waals surface area contributed by atoms with Gasteiger partial charge in [-0.05, 0) is 65.3 Å². The summed E-state index contributed by atoms with van der Waals surface area (Å²) in [5.41, 5.74) is 7.55. The van der Waals surface area contributed by atoms with Gasteiger partial charge in [-0.1, -0.05) is 87.2 Å². The number of phenols is 1. The lowest BCUT2D eigenvalue weighted by atomic mass is 9.95. The molecule has 3 aromatic carbocycles. The van der Waals surface area contributed by atoms with Crippen LogP contribution in [-0.2, 0) is 6.42 Å². The zero-order valence-corrected chi connectivity index (χ0v) is 16.5. The van der Waals surface area contributed by atoms with Gasteiger partial charge in [0, 0.05) is 0 Å². The maximum Gasteiger partial charge on any atom is 0.115 e. The monoisotopic (exact) mass is 358 g/mol. The minimum Gasteiger partial charge on any atom is -0.508 e. The molecule has 0 amide bonds. The first-order valence-electron chi connectivity index (χ1n) is 10.2. The smallest absolute Gasteiger partial charge is 0.115 e. The van der Waals surface area contributed by atoms with Crippen LogP contribution in [0.3, 0.4) is 0 Å². The molecule has 0 aliphatic heterocycles. The Morgan fingerprint density at radius 3 is 1.96 bits per heavy atom. The third-order valence-corrected chi connectivity index (χ3v) is 5.26. The van der Waals surface area contributed by atoms with Crippen molar-refractivity contribution in [2.45, 2.75) is 52.4 Å². The molecule has 3 rings (SSSR count). The van der Waals surface area contributed by atoms with E-state index in [1.165, 1.54) is 66.3 Å². The molecule has 1 nitrogen and oxygen atoms in total. The van der Waals surface area contributed by atoms with Crippen LogP contribution in [0.4, 0.5) is 0 Å². The van der Waals surface area contributed by atoms with Crippen LogP contribution in [0.2, 0.25) is 0 Å². The predicted molar refractivity (Wildman–Crippen MR) is 116 cm³/mol. The van der Waals surface area contributed by atoms with E-state index in [0.717, 1.165) is 5.56 Å². The highest BCUT2D eigenvalue weighted by atomic mass is 16.3. The Morgan fingerprint density at radius 2 is 1.30 bits per heavy atom. The average molecular weight is 359 g/mol. The van der Waals surface area contributed by atoms with E-state index in [-0.39, 0.29) is 0 Å². The van der Waals surface area contributed by atoms with Crippen LogP contribution in [0.5, 0.6) is 5.75 Å². The van der Waals surface area contributed by atoms with Crippen molar-refractivity contribution < 1.29 is 5.11 Å². The van der Waals surface area contributed by atoms with Crippen molar-refractivity contribution in [3.63, 3.8) is 0 Å². The van der Waals surface area contributed by atoms with Crippen molar-refractivity contribution >= 4 is 0 Å². The molecule has 0 bridgehead atoms. The fourth-order valence-corrected chi connectivity index (χ4v) is 3.60. The second-order valence-electron chi connectivity index (χ2n) is 7.44. The Balaban J connectivity index is 1.67. The molecular formula is C26H30O. The first kappa shape index (κ1) is 19.2. The molecule has 1 heteroatoms. The molecule has 0 saturated carbocycles. The van der Waals surface area contributed by atoms with Gasteiger partial charge in [0.2, 0.25) is 0 Å². The number of hydrogen-bond donors (Lipinski definition) is 1. The number of rotatable bonds is 8. The van der Waals surface area contributed by atoms with E-state index in [1.54, 1.807) is 12.1 Å². The van der Waals surface area contributed by atoms with Crippen LogP contribution in [0, 0.1) is 6.92 Å². The number of aryl methyl sites for hydroxylation is 2. The highest BCUT2D eigenvalue weighted by Crippen LogP contribution is 2.29. The van der Waals surface area contributed by atoms with Crippen LogP contribution in [-0.4, -0.2) is 5.11 Å². The topological polar surface area (TPSA) is 20.2 Å². The summed E-state index contributed by atoms with van der Waals surface area (Å²) in [5, 5.41) is 9.48. The minimum absolute atomic E-state index is 0.304. The number of phenolic OH excluding ortho intramolecular Hbond substituents is 1. The summed E-state index contributed by atoms with van der Waals surface area (Å²) in [5.74, 6) is 0.304. The molecule has 140 valence electrons. The van der Waals surface area contributed by atoms with Gasteiger partial charge >= 0.3 is 0 Å². The summed E-state index contributed by atoms with van der Waals surface area (Å²) < 4.78 is 0. The Bertz CT molecular complexity index is 844. The summed E-state index contributed by atoms with van der Waals surface area (Å²) in [4.78, 5) is 0. The lowest BCUT2D eigenvalue weighted by molar-refractivity contribution is 0.475. The molecule has 0 aliphatic carbocycles. The van der Waals surface area contributed by atoms with Crippen molar-refractivity contribution in [2.75, 3.05) is 0 Å². The van der Waals surface area contributed by atoms with Gasteiger partial charge in [0.25, 0.3) is 0 Å². The predicted octanol–water partition coefficient (Wildman–Crippen LogP) is 7.55. The molecule has 3 aromatic rings.